The van der Waals surface area contributed by atoms with Crippen molar-refractivity contribution in [1.29, 1.82) is 0 Å². The third-order valence-electron chi connectivity index (χ3n) is 3.88. The Morgan fingerprint density at radius 1 is 1.57 bits per heavy atom. The van der Waals surface area contributed by atoms with Crippen LogP contribution >= 0.6 is 11.6 Å². The van der Waals surface area contributed by atoms with E-state index in [1.54, 1.807) is 12.1 Å². The Labute approximate surface area is 137 Å². The third kappa shape index (κ3) is 3.19. The Morgan fingerprint density at radius 2 is 2.39 bits per heavy atom. The van der Waals surface area contributed by atoms with E-state index >= 15 is 0 Å². The second-order valence-electron chi connectivity index (χ2n) is 5.35. The van der Waals surface area contributed by atoms with Crippen LogP contribution in [-0.2, 0) is 0 Å². The second-order valence-corrected chi connectivity index (χ2v) is 5.76. The van der Waals surface area contributed by atoms with Gasteiger partial charge in [0.2, 0.25) is 0 Å². The molecule has 1 aliphatic rings. The molecule has 7 nitrogen and oxygen atoms in total. The quantitative estimate of drug-likeness (QED) is 0.472. The number of aromatic nitrogens is 1. The van der Waals surface area contributed by atoms with Gasteiger partial charge in [-0.1, -0.05) is 11.6 Å². The minimum absolute atomic E-state index is 0.0425. The number of hydrogen-bond donors (Lipinski definition) is 0. The molecule has 8 heteroatoms. The molecule has 0 aliphatic carbocycles. The molecule has 0 radical (unpaired) electrons. The van der Waals surface area contributed by atoms with Crippen molar-refractivity contribution in [2.45, 2.75) is 25.3 Å². The van der Waals surface area contributed by atoms with Gasteiger partial charge in [0.15, 0.2) is 11.5 Å². The maximum absolute atomic E-state index is 12.2. The highest BCUT2D eigenvalue weighted by Crippen LogP contribution is 2.33. The SMILES string of the molecule is O=C(CC1CCCN1c1ncc([N+](=O)[O-])cc1Cl)c1ccco1. The lowest BCUT2D eigenvalue weighted by molar-refractivity contribution is -0.385. The Morgan fingerprint density at radius 3 is 3.04 bits per heavy atom. The van der Waals surface area contributed by atoms with E-state index in [-0.39, 0.29) is 22.5 Å². The number of furan rings is 1. The summed E-state index contributed by atoms with van der Waals surface area (Å²) >= 11 is 6.14. The van der Waals surface area contributed by atoms with E-state index in [1.807, 2.05) is 4.90 Å². The molecule has 0 spiro atoms. The predicted octanol–water partition coefficient (Wildman–Crippen LogP) is 3.48. The molecule has 1 saturated heterocycles. The fourth-order valence-electron chi connectivity index (χ4n) is 2.81. The molecule has 0 N–H and O–H groups in total. The van der Waals surface area contributed by atoms with Gasteiger partial charge in [0.1, 0.15) is 12.0 Å². The van der Waals surface area contributed by atoms with Crippen molar-refractivity contribution >= 4 is 28.9 Å². The summed E-state index contributed by atoms with van der Waals surface area (Å²) in [6.45, 7) is 0.709. The minimum atomic E-state index is -0.537. The molecule has 0 saturated carbocycles. The van der Waals surface area contributed by atoms with Gasteiger partial charge in [-0.05, 0) is 25.0 Å². The lowest BCUT2D eigenvalue weighted by atomic mass is 10.1. The average Bonchev–Trinajstić information content (AvgIpc) is 3.18. The van der Waals surface area contributed by atoms with Crippen molar-refractivity contribution in [3.05, 3.63) is 51.6 Å². The van der Waals surface area contributed by atoms with E-state index in [2.05, 4.69) is 4.98 Å². The number of nitrogens with zero attached hydrogens (tertiary/aromatic N) is 3. The molecule has 0 aromatic carbocycles. The zero-order valence-electron chi connectivity index (χ0n) is 12.1. The average molecular weight is 336 g/mol. The molecule has 2 aromatic heterocycles. The van der Waals surface area contributed by atoms with Crippen molar-refractivity contribution in [3.63, 3.8) is 0 Å². The van der Waals surface area contributed by atoms with Gasteiger partial charge in [0, 0.05) is 25.1 Å². The number of Topliss-reactive ketones (excluding diaryl/α,β-unsaturated/α-hetero) is 1. The van der Waals surface area contributed by atoms with Crippen LogP contribution in [0, 0.1) is 10.1 Å². The topological polar surface area (TPSA) is 89.5 Å². The first-order chi connectivity index (χ1) is 11.1. The van der Waals surface area contributed by atoms with Crippen molar-refractivity contribution in [3.8, 4) is 0 Å². The third-order valence-corrected chi connectivity index (χ3v) is 4.16. The molecule has 1 fully saturated rings. The predicted molar refractivity (Wildman–Crippen MR) is 83.9 cm³/mol. The summed E-state index contributed by atoms with van der Waals surface area (Å²) in [6, 6.07) is 4.56. The molecule has 120 valence electrons. The first-order valence-corrected chi connectivity index (χ1v) is 7.57. The lowest BCUT2D eigenvalue weighted by Crippen LogP contribution is -2.32. The van der Waals surface area contributed by atoms with Crippen molar-refractivity contribution in [1.82, 2.24) is 4.98 Å². The van der Waals surface area contributed by atoms with Crippen LogP contribution in [0.4, 0.5) is 11.5 Å². The molecule has 3 rings (SSSR count). The van der Waals surface area contributed by atoms with Gasteiger partial charge < -0.3 is 9.32 Å². The fourth-order valence-corrected chi connectivity index (χ4v) is 3.08. The summed E-state index contributed by atoms with van der Waals surface area (Å²) in [6.07, 6.45) is 4.69. The van der Waals surface area contributed by atoms with Gasteiger partial charge in [-0.15, -0.1) is 0 Å². The molecule has 1 atom stereocenters. The summed E-state index contributed by atoms with van der Waals surface area (Å²) in [5, 5.41) is 11.0. The van der Waals surface area contributed by atoms with E-state index in [0.29, 0.717) is 24.5 Å². The molecule has 3 heterocycles. The largest absolute Gasteiger partial charge is 0.461 e. The summed E-state index contributed by atoms with van der Waals surface area (Å²) < 4.78 is 5.13. The van der Waals surface area contributed by atoms with Crippen LogP contribution in [-0.4, -0.2) is 28.3 Å². The summed E-state index contributed by atoms with van der Waals surface area (Å²) in [7, 11) is 0. The van der Waals surface area contributed by atoms with Crippen LogP contribution in [0.5, 0.6) is 0 Å². The molecule has 0 amide bonds. The standard InChI is InChI=1S/C15H14ClN3O4/c16-12-7-11(19(21)22)9-17-15(12)18-5-1-3-10(18)8-13(20)14-4-2-6-23-14/h2,4,6-7,9-10H,1,3,5,8H2. The van der Waals surface area contributed by atoms with Gasteiger partial charge in [-0.2, -0.15) is 0 Å². The fraction of sp³-hybridized carbons (Fsp3) is 0.333. The van der Waals surface area contributed by atoms with Crippen LogP contribution in [0.1, 0.15) is 29.8 Å². The minimum Gasteiger partial charge on any atom is -0.461 e. The zero-order valence-corrected chi connectivity index (χ0v) is 12.9. The Bertz CT molecular complexity index is 732. The number of ketones is 1. The van der Waals surface area contributed by atoms with Crippen molar-refractivity contribution < 1.29 is 14.1 Å². The summed E-state index contributed by atoms with van der Waals surface area (Å²) in [5.74, 6) is 0.733. The van der Waals surface area contributed by atoms with Gasteiger partial charge >= 0.3 is 0 Å². The van der Waals surface area contributed by atoms with Gasteiger partial charge in [0.05, 0.1) is 16.2 Å². The number of pyridine rings is 1. The first kappa shape index (κ1) is 15.5. The molecule has 2 aromatic rings. The molecular weight excluding hydrogens is 322 g/mol. The second kappa shape index (κ2) is 6.37. The molecule has 23 heavy (non-hydrogen) atoms. The lowest BCUT2D eigenvalue weighted by Gasteiger charge is -2.25. The van der Waals surface area contributed by atoms with Crippen molar-refractivity contribution in [2.75, 3.05) is 11.4 Å². The number of nitro groups is 1. The summed E-state index contributed by atoms with van der Waals surface area (Å²) in [5.41, 5.74) is -0.152. The van der Waals surface area contributed by atoms with Crippen molar-refractivity contribution in [2.24, 2.45) is 0 Å². The van der Waals surface area contributed by atoms with E-state index in [9.17, 15) is 14.9 Å². The highest BCUT2D eigenvalue weighted by atomic mass is 35.5. The maximum atomic E-state index is 12.2. The first-order valence-electron chi connectivity index (χ1n) is 7.19. The number of carbonyl (C=O) groups is 1. The molecule has 1 unspecified atom stereocenters. The monoisotopic (exact) mass is 335 g/mol. The number of anilines is 1. The summed E-state index contributed by atoms with van der Waals surface area (Å²) in [4.78, 5) is 28.5. The normalized spacial score (nSPS) is 17.4. The van der Waals surface area contributed by atoms with E-state index in [0.717, 1.165) is 12.8 Å². The maximum Gasteiger partial charge on any atom is 0.289 e. The molecular formula is C15H14ClN3O4. The zero-order chi connectivity index (χ0) is 16.4. The highest BCUT2D eigenvalue weighted by Gasteiger charge is 2.30. The number of carbonyl (C=O) groups excluding carboxylic acids is 1. The number of rotatable bonds is 5. The molecule has 1 aliphatic heterocycles. The van der Waals surface area contributed by atoms with E-state index < -0.39 is 4.92 Å². The molecule has 0 bridgehead atoms. The Hall–Kier alpha value is -2.41. The van der Waals surface area contributed by atoms with Gasteiger partial charge in [-0.25, -0.2) is 4.98 Å². The van der Waals surface area contributed by atoms with Crippen LogP contribution in [0.2, 0.25) is 5.02 Å². The van der Waals surface area contributed by atoms with Crippen LogP contribution in [0.25, 0.3) is 0 Å². The van der Waals surface area contributed by atoms with Crippen LogP contribution < -0.4 is 4.90 Å². The number of hydrogen-bond acceptors (Lipinski definition) is 6. The number of halogens is 1. The van der Waals surface area contributed by atoms with Gasteiger partial charge in [-0.3, -0.25) is 14.9 Å². The van der Waals surface area contributed by atoms with E-state index in [1.165, 1.54) is 18.5 Å². The smallest absolute Gasteiger partial charge is 0.289 e. The van der Waals surface area contributed by atoms with Crippen LogP contribution in [0.3, 0.4) is 0 Å². The highest BCUT2D eigenvalue weighted by molar-refractivity contribution is 6.33. The van der Waals surface area contributed by atoms with E-state index in [4.69, 9.17) is 16.0 Å². The van der Waals surface area contributed by atoms with Gasteiger partial charge in [0.25, 0.3) is 5.69 Å². The Kier molecular flexibility index (Phi) is 4.29. The Balaban J connectivity index is 1.79. The van der Waals surface area contributed by atoms with Crippen LogP contribution in [0.15, 0.2) is 35.1 Å².